The second-order valence-corrected chi connectivity index (χ2v) is 10.8. The molecule has 0 saturated carbocycles. The van der Waals surface area contributed by atoms with Crippen LogP contribution in [0.1, 0.15) is 48.1 Å². The van der Waals surface area contributed by atoms with Gasteiger partial charge in [0.2, 0.25) is 16.0 Å². The maximum atomic E-state index is 13.8. The SMILES string of the molecule is CC(C)c1nc(N(C)S(C)(=O)=O)nc(-c2ccc(F)cc2)c1C(c1ccccc1)c1ccccc1. The van der Waals surface area contributed by atoms with Gasteiger partial charge in [0.15, 0.2) is 0 Å². The maximum absolute atomic E-state index is 13.8. The molecule has 0 atom stereocenters. The normalized spacial score (nSPS) is 11.7. The summed E-state index contributed by atoms with van der Waals surface area (Å²) < 4.78 is 39.6. The fourth-order valence-electron chi connectivity index (χ4n) is 4.13. The van der Waals surface area contributed by atoms with Crippen molar-refractivity contribution in [1.29, 1.82) is 0 Å². The minimum atomic E-state index is -3.59. The Balaban J connectivity index is 2.11. The molecule has 0 fully saturated rings. The van der Waals surface area contributed by atoms with Crippen LogP contribution in [-0.4, -0.2) is 31.7 Å². The molecule has 1 aromatic heterocycles. The third-order valence-electron chi connectivity index (χ3n) is 5.96. The first kappa shape index (κ1) is 24.5. The number of aromatic nitrogens is 2. The van der Waals surface area contributed by atoms with E-state index in [1.54, 1.807) is 12.1 Å². The molecule has 7 heteroatoms. The van der Waals surface area contributed by atoms with E-state index in [2.05, 4.69) is 24.3 Å². The van der Waals surface area contributed by atoms with E-state index in [9.17, 15) is 12.8 Å². The average molecular weight is 490 g/mol. The Kier molecular flexibility index (Phi) is 6.98. The molecule has 0 unspecified atom stereocenters. The van der Waals surface area contributed by atoms with Gasteiger partial charge in [0.25, 0.3) is 0 Å². The number of hydrogen-bond donors (Lipinski definition) is 0. The summed E-state index contributed by atoms with van der Waals surface area (Å²) in [5.74, 6) is -0.523. The van der Waals surface area contributed by atoms with Crippen molar-refractivity contribution in [3.05, 3.63) is 113 Å². The number of rotatable bonds is 7. The minimum absolute atomic E-state index is 0.0335. The molecular weight excluding hydrogens is 461 g/mol. The summed E-state index contributed by atoms with van der Waals surface area (Å²) >= 11 is 0. The molecule has 4 aromatic rings. The number of nitrogens with zero attached hydrogens (tertiary/aromatic N) is 3. The highest BCUT2D eigenvalue weighted by Gasteiger charge is 2.29. The number of sulfonamides is 1. The van der Waals surface area contributed by atoms with Gasteiger partial charge in [0, 0.05) is 24.1 Å². The number of halogens is 1. The van der Waals surface area contributed by atoms with Gasteiger partial charge in [-0.05, 0) is 41.3 Å². The van der Waals surface area contributed by atoms with Crippen LogP contribution in [-0.2, 0) is 10.0 Å². The predicted molar refractivity (Wildman–Crippen MR) is 139 cm³/mol. The van der Waals surface area contributed by atoms with E-state index in [0.717, 1.165) is 32.9 Å². The Bertz CT molecular complexity index is 1370. The Hall–Kier alpha value is -3.58. The van der Waals surface area contributed by atoms with Crippen molar-refractivity contribution in [3.63, 3.8) is 0 Å². The Morgan fingerprint density at radius 2 is 1.31 bits per heavy atom. The lowest BCUT2D eigenvalue weighted by Gasteiger charge is -2.27. The highest BCUT2D eigenvalue weighted by molar-refractivity contribution is 7.92. The molecule has 3 aromatic carbocycles. The van der Waals surface area contributed by atoms with Gasteiger partial charge in [-0.1, -0.05) is 74.5 Å². The van der Waals surface area contributed by atoms with Crippen LogP contribution in [0, 0.1) is 5.82 Å². The fraction of sp³-hybridized carbons (Fsp3) is 0.214. The topological polar surface area (TPSA) is 63.2 Å². The van der Waals surface area contributed by atoms with Crippen molar-refractivity contribution in [3.8, 4) is 11.3 Å². The quantitative estimate of drug-likeness (QED) is 0.320. The van der Waals surface area contributed by atoms with E-state index in [-0.39, 0.29) is 23.6 Å². The van der Waals surface area contributed by atoms with Crippen molar-refractivity contribution >= 4 is 16.0 Å². The highest BCUT2D eigenvalue weighted by atomic mass is 32.2. The monoisotopic (exact) mass is 489 g/mol. The average Bonchev–Trinajstić information content (AvgIpc) is 2.85. The zero-order valence-electron chi connectivity index (χ0n) is 20.2. The third kappa shape index (κ3) is 5.25. The van der Waals surface area contributed by atoms with Crippen molar-refractivity contribution < 1.29 is 12.8 Å². The van der Waals surface area contributed by atoms with Crippen molar-refractivity contribution in [1.82, 2.24) is 9.97 Å². The number of anilines is 1. The van der Waals surface area contributed by atoms with Crippen LogP contribution in [0.2, 0.25) is 0 Å². The van der Waals surface area contributed by atoms with E-state index >= 15 is 0 Å². The lowest BCUT2D eigenvalue weighted by Crippen LogP contribution is -2.28. The van der Waals surface area contributed by atoms with Gasteiger partial charge in [0.05, 0.1) is 17.6 Å². The maximum Gasteiger partial charge on any atom is 0.239 e. The van der Waals surface area contributed by atoms with E-state index in [1.807, 2.05) is 50.2 Å². The number of hydrogen-bond acceptors (Lipinski definition) is 4. The summed E-state index contributed by atoms with van der Waals surface area (Å²) in [6.45, 7) is 4.05. The van der Waals surface area contributed by atoms with Gasteiger partial charge in [-0.15, -0.1) is 0 Å². The summed E-state index contributed by atoms with van der Waals surface area (Å²) in [6, 6.07) is 26.3. The van der Waals surface area contributed by atoms with Crippen LogP contribution in [0.4, 0.5) is 10.3 Å². The predicted octanol–water partition coefficient (Wildman–Crippen LogP) is 5.98. The molecule has 4 rings (SSSR count). The van der Waals surface area contributed by atoms with Gasteiger partial charge < -0.3 is 0 Å². The molecule has 1 heterocycles. The molecule has 0 aliphatic carbocycles. The van der Waals surface area contributed by atoms with Crippen molar-refractivity contribution in [2.45, 2.75) is 25.7 Å². The highest BCUT2D eigenvalue weighted by Crippen LogP contribution is 2.41. The molecule has 0 aliphatic heterocycles. The van der Waals surface area contributed by atoms with Crippen LogP contribution >= 0.6 is 0 Å². The van der Waals surface area contributed by atoms with Gasteiger partial charge in [-0.3, -0.25) is 0 Å². The van der Waals surface area contributed by atoms with Gasteiger partial charge in [0.1, 0.15) is 5.82 Å². The second kappa shape index (κ2) is 9.96. The summed E-state index contributed by atoms with van der Waals surface area (Å²) in [4.78, 5) is 9.54. The second-order valence-electron chi connectivity index (χ2n) is 8.82. The molecule has 5 nitrogen and oxygen atoms in total. The van der Waals surface area contributed by atoms with Crippen LogP contribution < -0.4 is 4.31 Å². The minimum Gasteiger partial charge on any atom is -0.241 e. The van der Waals surface area contributed by atoms with Crippen LogP contribution in [0.5, 0.6) is 0 Å². The molecule has 0 radical (unpaired) electrons. The van der Waals surface area contributed by atoms with E-state index < -0.39 is 10.0 Å². The van der Waals surface area contributed by atoms with Gasteiger partial charge in [-0.25, -0.2) is 27.1 Å². The molecule has 0 aliphatic rings. The molecule has 0 bridgehead atoms. The molecule has 0 N–H and O–H groups in total. The van der Waals surface area contributed by atoms with Gasteiger partial charge in [-0.2, -0.15) is 0 Å². The summed E-state index contributed by atoms with van der Waals surface area (Å²) in [6.07, 6.45) is 1.12. The standard InChI is InChI=1S/C28H28FN3O2S/c1-19(2)26-25(24(20-11-7-5-8-12-20)21-13-9-6-10-14-21)27(22-15-17-23(29)18-16-22)31-28(30-26)32(3)35(4,33)34/h5-19,24H,1-4H3. The molecular formula is C28H28FN3O2S. The molecule has 0 saturated heterocycles. The first-order valence-electron chi connectivity index (χ1n) is 11.4. The molecule has 0 spiro atoms. The largest absolute Gasteiger partial charge is 0.241 e. The lowest BCUT2D eigenvalue weighted by molar-refractivity contribution is 0.599. The summed E-state index contributed by atoms with van der Waals surface area (Å²) in [5.41, 5.74) is 4.98. The van der Waals surface area contributed by atoms with Crippen LogP contribution in [0.3, 0.4) is 0 Å². The molecule has 180 valence electrons. The zero-order chi connectivity index (χ0) is 25.2. The Labute approximate surface area is 206 Å². The Morgan fingerprint density at radius 1 is 0.800 bits per heavy atom. The molecule has 0 amide bonds. The first-order valence-corrected chi connectivity index (χ1v) is 13.2. The third-order valence-corrected chi connectivity index (χ3v) is 7.12. The Morgan fingerprint density at radius 3 is 1.77 bits per heavy atom. The first-order chi connectivity index (χ1) is 16.7. The van der Waals surface area contributed by atoms with E-state index in [0.29, 0.717) is 11.3 Å². The lowest BCUT2D eigenvalue weighted by atomic mass is 9.80. The summed E-state index contributed by atoms with van der Waals surface area (Å²) in [7, 11) is -2.15. The van der Waals surface area contributed by atoms with Crippen LogP contribution in [0.25, 0.3) is 11.3 Å². The smallest absolute Gasteiger partial charge is 0.239 e. The molecule has 35 heavy (non-hydrogen) atoms. The van der Waals surface area contributed by atoms with E-state index in [4.69, 9.17) is 9.97 Å². The zero-order valence-corrected chi connectivity index (χ0v) is 21.0. The van der Waals surface area contributed by atoms with Crippen LogP contribution in [0.15, 0.2) is 84.9 Å². The fourth-order valence-corrected chi connectivity index (χ4v) is 4.51. The van der Waals surface area contributed by atoms with Gasteiger partial charge >= 0.3 is 0 Å². The summed E-state index contributed by atoms with van der Waals surface area (Å²) in [5, 5.41) is 0. The number of benzene rings is 3. The van der Waals surface area contributed by atoms with Crippen molar-refractivity contribution in [2.75, 3.05) is 17.6 Å². The van der Waals surface area contributed by atoms with E-state index in [1.165, 1.54) is 19.2 Å². The van der Waals surface area contributed by atoms with Crippen molar-refractivity contribution in [2.24, 2.45) is 0 Å².